The lowest BCUT2D eigenvalue weighted by molar-refractivity contribution is 0.0672. The van der Waals surface area contributed by atoms with Crippen LogP contribution in [-0.4, -0.2) is 41.4 Å². The quantitative estimate of drug-likeness (QED) is 0.688. The first-order valence-corrected chi connectivity index (χ1v) is 5.39. The Hall–Kier alpha value is -0.770. The van der Waals surface area contributed by atoms with Crippen molar-refractivity contribution in [2.24, 2.45) is 0 Å². The molecule has 4 nitrogen and oxygen atoms in total. The Morgan fingerprint density at radius 2 is 2.00 bits per heavy atom. The molecule has 1 heterocycles. The van der Waals surface area contributed by atoms with Gasteiger partial charge in [-0.05, 0) is 32.1 Å². The third kappa shape index (κ3) is 2.18. The molecule has 1 saturated heterocycles. The van der Waals surface area contributed by atoms with Crippen LogP contribution in [0.5, 0.6) is 0 Å². The van der Waals surface area contributed by atoms with E-state index in [0.717, 1.165) is 12.8 Å². The molecule has 1 amide bonds. The number of carbonyl (C=O) groups excluding carboxylic acids is 1. The Balaban J connectivity index is 1.77. The van der Waals surface area contributed by atoms with Gasteiger partial charge in [-0.1, -0.05) is 0 Å². The predicted molar refractivity (Wildman–Crippen MR) is 50.9 cm³/mol. The van der Waals surface area contributed by atoms with Crippen molar-refractivity contribution in [2.75, 3.05) is 13.1 Å². The fraction of sp³-hybridized carbons (Fsp3) is 0.900. The van der Waals surface area contributed by atoms with E-state index in [-0.39, 0.29) is 18.3 Å². The molecule has 2 rings (SSSR count). The minimum atomic E-state index is -0.355. The number of aliphatic hydroxyl groups excluding tert-OH is 1. The topological polar surface area (TPSA) is 49.8 Å². The van der Waals surface area contributed by atoms with Gasteiger partial charge in [0.05, 0.1) is 6.10 Å². The number of hydrogen-bond acceptors (Lipinski definition) is 3. The van der Waals surface area contributed by atoms with Crippen molar-refractivity contribution < 1.29 is 14.6 Å². The van der Waals surface area contributed by atoms with Gasteiger partial charge in [0.25, 0.3) is 0 Å². The summed E-state index contributed by atoms with van der Waals surface area (Å²) in [7, 11) is 0. The molecule has 0 radical (unpaired) electrons. The molecule has 0 bridgehead atoms. The van der Waals surface area contributed by atoms with Crippen LogP contribution in [0, 0.1) is 0 Å². The van der Waals surface area contributed by atoms with E-state index < -0.39 is 0 Å². The zero-order chi connectivity index (χ0) is 9.97. The summed E-state index contributed by atoms with van der Waals surface area (Å²) < 4.78 is 5.32. The van der Waals surface area contributed by atoms with E-state index >= 15 is 0 Å². The van der Waals surface area contributed by atoms with Gasteiger partial charge < -0.3 is 14.7 Å². The lowest BCUT2D eigenvalue weighted by Crippen LogP contribution is -2.32. The van der Waals surface area contributed by atoms with Crippen LogP contribution in [0.25, 0.3) is 0 Å². The smallest absolute Gasteiger partial charge is 0.410 e. The number of ether oxygens (including phenoxy) is 1. The molecule has 2 fully saturated rings. The second-order valence-electron chi connectivity index (χ2n) is 4.18. The lowest BCUT2D eigenvalue weighted by atomic mass is 10.3. The standard InChI is InChI=1S/C10H17NO3/c12-8-5-6-11(7-8)10(13)14-9-3-1-2-4-9/h8-9,12H,1-7H2/t8-/m0/s1. The van der Waals surface area contributed by atoms with Crippen molar-refractivity contribution in [1.82, 2.24) is 4.90 Å². The number of nitrogens with zero attached hydrogens (tertiary/aromatic N) is 1. The van der Waals surface area contributed by atoms with Crippen molar-refractivity contribution in [3.63, 3.8) is 0 Å². The van der Waals surface area contributed by atoms with Gasteiger partial charge >= 0.3 is 6.09 Å². The van der Waals surface area contributed by atoms with Gasteiger partial charge in [-0.15, -0.1) is 0 Å². The molecule has 0 unspecified atom stereocenters. The van der Waals surface area contributed by atoms with Crippen LogP contribution < -0.4 is 0 Å². The summed E-state index contributed by atoms with van der Waals surface area (Å²) in [5.41, 5.74) is 0. The van der Waals surface area contributed by atoms with Crippen LogP contribution in [0.3, 0.4) is 0 Å². The fourth-order valence-electron chi connectivity index (χ4n) is 2.13. The molecule has 1 aliphatic carbocycles. The highest BCUT2D eigenvalue weighted by molar-refractivity contribution is 5.68. The summed E-state index contributed by atoms with van der Waals surface area (Å²) in [6.07, 6.45) is 4.55. The highest BCUT2D eigenvalue weighted by atomic mass is 16.6. The molecule has 0 aromatic carbocycles. The second kappa shape index (κ2) is 4.17. The number of rotatable bonds is 1. The molecule has 4 heteroatoms. The molecule has 1 N–H and O–H groups in total. The number of amides is 1. The minimum absolute atomic E-state index is 0.125. The van der Waals surface area contributed by atoms with E-state index in [4.69, 9.17) is 4.74 Å². The number of carbonyl (C=O) groups is 1. The average Bonchev–Trinajstić information content (AvgIpc) is 2.75. The van der Waals surface area contributed by atoms with Gasteiger partial charge in [-0.3, -0.25) is 0 Å². The summed E-state index contributed by atoms with van der Waals surface area (Å²) in [5.74, 6) is 0. The van der Waals surface area contributed by atoms with Crippen LogP contribution >= 0.6 is 0 Å². The number of likely N-dealkylation sites (tertiary alicyclic amines) is 1. The van der Waals surface area contributed by atoms with Gasteiger partial charge in [0.1, 0.15) is 6.10 Å². The maximum atomic E-state index is 11.5. The van der Waals surface area contributed by atoms with Gasteiger partial charge in [0, 0.05) is 13.1 Å². The summed E-state index contributed by atoms with van der Waals surface area (Å²) in [6.45, 7) is 1.07. The normalized spacial score (nSPS) is 28.4. The number of β-amino-alcohol motifs (C(OH)–C–C–N with tert-alkyl or cyclic N) is 1. The first-order valence-electron chi connectivity index (χ1n) is 5.39. The van der Waals surface area contributed by atoms with E-state index in [1.807, 2.05) is 0 Å². The van der Waals surface area contributed by atoms with E-state index in [9.17, 15) is 9.90 Å². The zero-order valence-electron chi connectivity index (χ0n) is 8.32. The highest BCUT2D eigenvalue weighted by Crippen LogP contribution is 2.22. The highest BCUT2D eigenvalue weighted by Gasteiger charge is 2.28. The van der Waals surface area contributed by atoms with Gasteiger partial charge in [0.2, 0.25) is 0 Å². The molecule has 80 valence electrons. The Bertz CT molecular complexity index is 213. The molecule has 0 aromatic heterocycles. The molecule has 1 atom stereocenters. The van der Waals surface area contributed by atoms with Crippen molar-refractivity contribution in [3.05, 3.63) is 0 Å². The molecule has 14 heavy (non-hydrogen) atoms. The van der Waals surface area contributed by atoms with E-state index in [2.05, 4.69) is 0 Å². The number of aliphatic hydroxyl groups is 1. The largest absolute Gasteiger partial charge is 0.446 e. The predicted octanol–water partition coefficient (Wildman–Crippen LogP) is 1.13. The minimum Gasteiger partial charge on any atom is -0.446 e. The maximum absolute atomic E-state index is 11.5. The third-order valence-corrected chi connectivity index (χ3v) is 2.99. The Kier molecular flexibility index (Phi) is 2.91. The van der Waals surface area contributed by atoms with Gasteiger partial charge in [-0.25, -0.2) is 4.79 Å². The zero-order valence-corrected chi connectivity index (χ0v) is 8.32. The second-order valence-corrected chi connectivity index (χ2v) is 4.18. The monoisotopic (exact) mass is 199 g/mol. The number of hydrogen-bond donors (Lipinski definition) is 1. The van der Waals surface area contributed by atoms with Crippen molar-refractivity contribution >= 4 is 6.09 Å². The molecular weight excluding hydrogens is 182 g/mol. The lowest BCUT2D eigenvalue weighted by Gasteiger charge is -2.18. The van der Waals surface area contributed by atoms with Crippen LogP contribution in [0.4, 0.5) is 4.79 Å². The van der Waals surface area contributed by atoms with Crippen molar-refractivity contribution in [2.45, 2.75) is 44.3 Å². The molecule has 0 aromatic rings. The van der Waals surface area contributed by atoms with Crippen LogP contribution in [0.2, 0.25) is 0 Å². The Morgan fingerprint density at radius 1 is 1.29 bits per heavy atom. The average molecular weight is 199 g/mol. The van der Waals surface area contributed by atoms with E-state index in [1.165, 1.54) is 12.8 Å². The first-order chi connectivity index (χ1) is 6.75. The van der Waals surface area contributed by atoms with E-state index in [0.29, 0.717) is 19.5 Å². The molecule has 1 saturated carbocycles. The Morgan fingerprint density at radius 3 is 2.57 bits per heavy atom. The molecule has 0 spiro atoms. The summed E-state index contributed by atoms with van der Waals surface area (Å²) in [5, 5.41) is 9.26. The van der Waals surface area contributed by atoms with Crippen LogP contribution in [0.15, 0.2) is 0 Å². The third-order valence-electron chi connectivity index (χ3n) is 2.99. The van der Waals surface area contributed by atoms with Gasteiger partial charge in [-0.2, -0.15) is 0 Å². The van der Waals surface area contributed by atoms with E-state index in [1.54, 1.807) is 4.90 Å². The molecule has 1 aliphatic heterocycles. The maximum Gasteiger partial charge on any atom is 0.410 e. The van der Waals surface area contributed by atoms with Crippen molar-refractivity contribution in [3.8, 4) is 0 Å². The fourth-order valence-corrected chi connectivity index (χ4v) is 2.13. The van der Waals surface area contributed by atoms with Crippen LogP contribution in [-0.2, 0) is 4.74 Å². The van der Waals surface area contributed by atoms with Gasteiger partial charge in [0.15, 0.2) is 0 Å². The summed E-state index contributed by atoms with van der Waals surface area (Å²) in [4.78, 5) is 13.1. The first kappa shape index (κ1) is 9.77. The summed E-state index contributed by atoms with van der Waals surface area (Å²) in [6, 6.07) is 0. The SMILES string of the molecule is O=C(OC1CCCC1)N1CC[C@H](O)C1. The summed E-state index contributed by atoms with van der Waals surface area (Å²) >= 11 is 0. The molecular formula is C10H17NO3. The molecule has 2 aliphatic rings. The van der Waals surface area contributed by atoms with Crippen LogP contribution in [0.1, 0.15) is 32.1 Å². The Labute approximate surface area is 83.8 Å². The van der Waals surface area contributed by atoms with Crippen molar-refractivity contribution in [1.29, 1.82) is 0 Å².